The Hall–Kier alpha value is -0.820. The monoisotopic (exact) mass is 304 g/mol. The number of rotatable bonds is 5. The number of anilines is 1. The minimum atomic E-state index is -3.63. The molecule has 3 N–H and O–H groups in total. The van der Waals surface area contributed by atoms with Crippen molar-refractivity contribution in [1.82, 2.24) is 4.31 Å². The van der Waals surface area contributed by atoms with E-state index in [1.807, 2.05) is 0 Å². The number of hydrogen-bond acceptors (Lipinski definition) is 4. The number of nitrogens with two attached hydrogens (primary N) is 1. The predicted octanol–water partition coefficient (Wildman–Crippen LogP) is 1.46. The number of aliphatic hydroxyl groups excluding tert-OH is 1. The summed E-state index contributed by atoms with van der Waals surface area (Å²) in [7, 11) is -3.63. The Morgan fingerprint density at radius 1 is 1.42 bits per heavy atom. The van der Waals surface area contributed by atoms with E-state index >= 15 is 0 Å². The summed E-state index contributed by atoms with van der Waals surface area (Å²) in [6, 6.07) is 4.26. The highest BCUT2D eigenvalue weighted by molar-refractivity contribution is 7.89. The Morgan fingerprint density at radius 2 is 2.11 bits per heavy atom. The third-order valence-corrected chi connectivity index (χ3v) is 5.67. The first-order valence-electron chi connectivity index (χ1n) is 6.14. The lowest BCUT2D eigenvalue weighted by Gasteiger charge is -2.36. The molecule has 0 saturated heterocycles. The van der Waals surface area contributed by atoms with Gasteiger partial charge in [0.05, 0.1) is 22.2 Å². The molecule has 0 radical (unpaired) electrons. The molecule has 0 bridgehead atoms. The minimum absolute atomic E-state index is 0.0194. The molecule has 0 aromatic heterocycles. The van der Waals surface area contributed by atoms with Crippen LogP contribution in [0.5, 0.6) is 0 Å². The molecule has 1 aliphatic carbocycles. The third kappa shape index (κ3) is 2.86. The van der Waals surface area contributed by atoms with E-state index in [2.05, 4.69) is 0 Å². The maximum absolute atomic E-state index is 12.5. The lowest BCUT2D eigenvalue weighted by atomic mass is 9.93. The van der Waals surface area contributed by atoms with Gasteiger partial charge in [0.15, 0.2) is 0 Å². The number of halogens is 1. The van der Waals surface area contributed by atoms with Gasteiger partial charge in [-0.05, 0) is 31.0 Å². The van der Waals surface area contributed by atoms with E-state index in [1.165, 1.54) is 22.5 Å². The van der Waals surface area contributed by atoms with Crippen molar-refractivity contribution in [2.24, 2.45) is 0 Å². The van der Waals surface area contributed by atoms with Crippen LogP contribution < -0.4 is 5.73 Å². The van der Waals surface area contributed by atoms with Gasteiger partial charge in [-0.1, -0.05) is 18.0 Å². The van der Waals surface area contributed by atoms with Crippen LogP contribution >= 0.6 is 11.6 Å². The second-order valence-electron chi connectivity index (χ2n) is 4.61. The summed E-state index contributed by atoms with van der Waals surface area (Å²) < 4.78 is 26.4. The fourth-order valence-corrected chi connectivity index (χ4v) is 3.92. The Bertz CT molecular complexity index is 558. The summed E-state index contributed by atoms with van der Waals surface area (Å²) in [6.45, 7) is -0.0890. The molecule has 7 heteroatoms. The van der Waals surface area contributed by atoms with E-state index in [0.29, 0.717) is 5.02 Å². The van der Waals surface area contributed by atoms with Gasteiger partial charge in [0, 0.05) is 12.6 Å². The van der Waals surface area contributed by atoms with Gasteiger partial charge in [-0.15, -0.1) is 0 Å². The average Bonchev–Trinajstić information content (AvgIpc) is 2.29. The molecule has 0 unspecified atom stereocenters. The van der Waals surface area contributed by atoms with Crippen LogP contribution in [-0.2, 0) is 10.0 Å². The first kappa shape index (κ1) is 14.6. The van der Waals surface area contributed by atoms with E-state index in [1.54, 1.807) is 0 Å². The molecule has 1 saturated carbocycles. The SMILES string of the molecule is Nc1cc(S(=O)(=O)N(CCO)C2CCC2)ccc1Cl. The van der Waals surface area contributed by atoms with Crippen LogP contribution in [0.1, 0.15) is 19.3 Å². The highest BCUT2D eigenvalue weighted by Crippen LogP contribution is 2.31. The van der Waals surface area contributed by atoms with Crippen LogP contribution in [-0.4, -0.2) is 37.0 Å². The number of nitrogens with zero attached hydrogens (tertiary/aromatic N) is 1. The number of sulfonamides is 1. The fraction of sp³-hybridized carbons (Fsp3) is 0.500. The molecule has 1 aromatic carbocycles. The third-order valence-electron chi connectivity index (χ3n) is 3.38. The highest BCUT2D eigenvalue weighted by Gasteiger charge is 2.34. The van der Waals surface area contributed by atoms with Crippen LogP contribution in [0, 0.1) is 0 Å². The van der Waals surface area contributed by atoms with Gasteiger partial charge in [0.25, 0.3) is 0 Å². The second kappa shape index (κ2) is 5.66. The molecule has 0 amide bonds. The zero-order valence-electron chi connectivity index (χ0n) is 10.4. The van der Waals surface area contributed by atoms with Crippen molar-refractivity contribution >= 4 is 27.3 Å². The second-order valence-corrected chi connectivity index (χ2v) is 6.91. The summed E-state index contributed by atoms with van der Waals surface area (Å²) in [5.41, 5.74) is 5.89. The largest absolute Gasteiger partial charge is 0.397 e. The summed E-state index contributed by atoms with van der Waals surface area (Å²) in [5.74, 6) is 0. The van der Waals surface area contributed by atoms with Crippen molar-refractivity contribution in [2.45, 2.75) is 30.2 Å². The maximum Gasteiger partial charge on any atom is 0.243 e. The van der Waals surface area contributed by atoms with Crippen molar-refractivity contribution in [3.63, 3.8) is 0 Å². The summed E-state index contributed by atoms with van der Waals surface area (Å²) in [4.78, 5) is 0.120. The molecule has 0 heterocycles. The average molecular weight is 305 g/mol. The normalized spacial score (nSPS) is 16.6. The van der Waals surface area contributed by atoms with Crippen molar-refractivity contribution in [3.8, 4) is 0 Å². The smallest absolute Gasteiger partial charge is 0.243 e. The van der Waals surface area contributed by atoms with Crippen LogP contribution in [0.2, 0.25) is 5.02 Å². The first-order valence-corrected chi connectivity index (χ1v) is 7.96. The lowest BCUT2D eigenvalue weighted by molar-refractivity contribution is 0.178. The van der Waals surface area contributed by atoms with E-state index in [-0.39, 0.29) is 29.8 Å². The molecule has 5 nitrogen and oxygen atoms in total. The molecule has 0 spiro atoms. The standard InChI is InChI=1S/C12H17ClN2O3S/c13-11-5-4-10(8-12(11)14)19(17,18)15(6-7-16)9-2-1-3-9/h4-5,8-9,16H,1-3,6-7,14H2. The molecule has 1 fully saturated rings. The Labute approximate surface area is 118 Å². The summed E-state index contributed by atoms with van der Waals surface area (Å²) >= 11 is 5.80. The number of aliphatic hydroxyl groups is 1. The zero-order chi connectivity index (χ0) is 14.0. The molecule has 2 rings (SSSR count). The fourth-order valence-electron chi connectivity index (χ4n) is 2.09. The van der Waals surface area contributed by atoms with Gasteiger partial charge in [0.2, 0.25) is 10.0 Å². The molecule has 1 aromatic rings. The van der Waals surface area contributed by atoms with Gasteiger partial charge in [-0.3, -0.25) is 0 Å². The van der Waals surface area contributed by atoms with Gasteiger partial charge in [0.1, 0.15) is 0 Å². The predicted molar refractivity (Wildman–Crippen MR) is 74.5 cm³/mol. The van der Waals surface area contributed by atoms with Gasteiger partial charge < -0.3 is 10.8 Å². The molecular weight excluding hydrogens is 288 g/mol. The lowest BCUT2D eigenvalue weighted by Crippen LogP contribution is -2.45. The number of nitrogen functional groups attached to an aromatic ring is 1. The topological polar surface area (TPSA) is 83.6 Å². The molecule has 106 valence electrons. The molecular formula is C12H17ClN2O3S. The van der Waals surface area contributed by atoms with Crippen LogP contribution in [0.3, 0.4) is 0 Å². The van der Waals surface area contributed by atoms with E-state index in [9.17, 15) is 8.42 Å². The Balaban J connectivity index is 2.35. The minimum Gasteiger partial charge on any atom is -0.397 e. The molecule has 19 heavy (non-hydrogen) atoms. The summed E-state index contributed by atoms with van der Waals surface area (Å²) in [5, 5.41) is 9.39. The van der Waals surface area contributed by atoms with E-state index in [0.717, 1.165) is 19.3 Å². The maximum atomic E-state index is 12.5. The van der Waals surface area contributed by atoms with Crippen LogP contribution in [0.25, 0.3) is 0 Å². The van der Waals surface area contributed by atoms with Crippen molar-refractivity contribution in [2.75, 3.05) is 18.9 Å². The number of benzene rings is 1. The number of hydrogen-bond donors (Lipinski definition) is 2. The van der Waals surface area contributed by atoms with E-state index in [4.69, 9.17) is 22.4 Å². The molecule has 0 atom stereocenters. The van der Waals surface area contributed by atoms with Crippen molar-refractivity contribution < 1.29 is 13.5 Å². The van der Waals surface area contributed by atoms with E-state index < -0.39 is 10.0 Å². The van der Waals surface area contributed by atoms with Crippen molar-refractivity contribution in [3.05, 3.63) is 23.2 Å². The molecule has 0 aliphatic heterocycles. The molecule has 1 aliphatic rings. The highest BCUT2D eigenvalue weighted by atomic mass is 35.5. The van der Waals surface area contributed by atoms with Crippen LogP contribution in [0.4, 0.5) is 5.69 Å². The van der Waals surface area contributed by atoms with Gasteiger partial charge in [-0.25, -0.2) is 8.42 Å². The van der Waals surface area contributed by atoms with Gasteiger partial charge in [-0.2, -0.15) is 4.31 Å². The Morgan fingerprint density at radius 3 is 2.58 bits per heavy atom. The first-order chi connectivity index (χ1) is 8.96. The van der Waals surface area contributed by atoms with Gasteiger partial charge >= 0.3 is 0 Å². The van der Waals surface area contributed by atoms with Crippen molar-refractivity contribution in [1.29, 1.82) is 0 Å². The Kier molecular flexibility index (Phi) is 4.35. The zero-order valence-corrected chi connectivity index (χ0v) is 12.0. The quantitative estimate of drug-likeness (QED) is 0.807. The van der Waals surface area contributed by atoms with Crippen LogP contribution in [0.15, 0.2) is 23.1 Å². The summed E-state index contributed by atoms with van der Waals surface area (Å²) in [6.07, 6.45) is 2.69.